The minimum absolute atomic E-state index is 0.192. The van der Waals surface area contributed by atoms with Crippen LogP contribution in [0.3, 0.4) is 0 Å². The fraction of sp³-hybridized carbons (Fsp3) is 0.167. The third kappa shape index (κ3) is 2.67. The van der Waals surface area contributed by atoms with Gasteiger partial charge in [-0.1, -0.05) is 11.6 Å². The van der Waals surface area contributed by atoms with Crippen molar-refractivity contribution in [1.29, 1.82) is 0 Å². The van der Waals surface area contributed by atoms with Gasteiger partial charge < -0.3 is 15.7 Å². The summed E-state index contributed by atoms with van der Waals surface area (Å²) in [7, 11) is 0. The van der Waals surface area contributed by atoms with Gasteiger partial charge in [0.05, 0.1) is 17.8 Å². The number of nitrogens with one attached hydrogen (secondary N) is 3. The molecule has 0 saturated heterocycles. The van der Waals surface area contributed by atoms with Crippen molar-refractivity contribution < 1.29 is 4.79 Å². The van der Waals surface area contributed by atoms with Crippen molar-refractivity contribution in [3.63, 3.8) is 0 Å². The van der Waals surface area contributed by atoms with E-state index in [-0.39, 0.29) is 5.91 Å². The van der Waals surface area contributed by atoms with Crippen molar-refractivity contribution >= 4 is 11.6 Å². The molecule has 6 nitrogen and oxygen atoms in total. The summed E-state index contributed by atoms with van der Waals surface area (Å²) in [6.45, 7) is 2.27. The summed E-state index contributed by atoms with van der Waals surface area (Å²) in [6.07, 6.45) is 3.35. The number of hydrogen-bond donors (Lipinski definition) is 4. The Hall–Kier alpha value is -2.34. The molecule has 1 aromatic carbocycles. The van der Waals surface area contributed by atoms with Gasteiger partial charge >= 0.3 is 0 Å². The van der Waals surface area contributed by atoms with Crippen LogP contribution >= 0.6 is 0 Å². The Bertz CT molecular complexity index is 535. The van der Waals surface area contributed by atoms with Gasteiger partial charge in [-0.25, -0.2) is 4.98 Å². The second-order valence-corrected chi connectivity index (χ2v) is 3.91. The van der Waals surface area contributed by atoms with Gasteiger partial charge in [0.25, 0.3) is 5.91 Å². The lowest BCUT2D eigenvalue weighted by Crippen LogP contribution is -2.25. The highest BCUT2D eigenvalue weighted by atomic mass is 16.1. The third-order valence-corrected chi connectivity index (χ3v) is 2.55. The van der Waals surface area contributed by atoms with Crippen LogP contribution < -0.4 is 16.6 Å². The molecule has 1 aromatic heterocycles. The van der Waals surface area contributed by atoms with Crippen LogP contribution in [0.25, 0.3) is 0 Å². The van der Waals surface area contributed by atoms with E-state index >= 15 is 0 Å². The number of hydrazine groups is 1. The summed E-state index contributed by atoms with van der Waals surface area (Å²) < 4.78 is 0. The first kappa shape index (κ1) is 12.1. The largest absolute Gasteiger partial charge is 0.347 e. The summed E-state index contributed by atoms with van der Waals surface area (Å²) in [6, 6.07) is 5.45. The maximum absolute atomic E-state index is 12.0. The Morgan fingerprint density at radius 2 is 2.33 bits per heavy atom. The number of nitrogens with two attached hydrogens (primary N) is 1. The smallest absolute Gasteiger partial charge is 0.253 e. The molecule has 2 rings (SSSR count). The molecule has 2 aromatic rings. The average Bonchev–Trinajstić information content (AvgIpc) is 2.89. The number of imidazole rings is 1. The monoisotopic (exact) mass is 245 g/mol. The van der Waals surface area contributed by atoms with Gasteiger partial charge in [-0.3, -0.25) is 10.6 Å². The normalized spacial score (nSPS) is 10.1. The van der Waals surface area contributed by atoms with Crippen LogP contribution in [0.15, 0.2) is 30.6 Å². The number of nitrogen functional groups attached to an aromatic ring is 1. The molecule has 0 unspecified atom stereocenters. The first-order valence-electron chi connectivity index (χ1n) is 5.54. The number of nitrogens with zero attached hydrogens (tertiary/aromatic N) is 1. The average molecular weight is 245 g/mol. The zero-order valence-corrected chi connectivity index (χ0v) is 10.0. The first-order valence-corrected chi connectivity index (χ1v) is 5.54. The summed E-state index contributed by atoms with van der Waals surface area (Å²) >= 11 is 0. The first-order chi connectivity index (χ1) is 8.70. The van der Waals surface area contributed by atoms with E-state index in [0.29, 0.717) is 23.6 Å². The Labute approximate surface area is 105 Å². The molecule has 0 aliphatic rings. The molecule has 0 saturated carbocycles. The van der Waals surface area contributed by atoms with Crippen molar-refractivity contribution in [1.82, 2.24) is 15.3 Å². The number of anilines is 1. The van der Waals surface area contributed by atoms with Gasteiger partial charge in [-0.2, -0.15) is 0 Å². The van der Waals surface area contributed by atoms with Gasteiger partial charge in [-0.05, 0) is 19.1 Å². The number of H-pyrrole nitrogens is 1. The number of aryl methyl sites for hydroxylation is 1. The predicted octanol–water partition coefficient (Wildman–Crippen LogP) is 0.934. The predicted molar refractivity (Wildman–Crippen MR) is 68.7 cm³/mol. The molecular formula is C12H15N5O. The van der Waals surface area contributed by atoms with E-state index in [4.69, 9.17) is 5.84 Å². The maximum atomic E-state index is 12.0. The second kappa shape index (κ2) is 5.33. The Kier molecular flexibility index (Phi) is 3.59. The van der Waals surface area contributed by atoms with E-state index in [1.165, 1.54) is 0 Å². The van der Waals surface area contributed by atoms with E-state index in [1.807, 2.05) is 13.0 Å². The number of rotatable bonds is 4. The van der Waals surface area contributed by atoms with Crippen LogP contribution in [0.2, 0.25) is 0 Å². The fourth-order valence-corrected chi connectivity index (χ4v) is 1.63. The lowest BCUT2D eigenvalue weighted by atomic mass is 10.1. The molecule has 0 radical (unpaired) electrons. The van der Waals surface area contributed by atoms with Gasteiger partial charge in [0.15, 0.2) is 0 Å². The van der Waals surface area contributed by atoms with Gasteiger partial charge in [0.2, 0.25) is 0 Å². The molecule has 0 aliphatic heterocycles. The molecule has 94 valence electrons. The number of hydrogen-bond acceptors (Lipinski definition) is 4. The van der Waals surface area contributed by atoms with Crippen molar-refractivity contribution in [2.24, 2.45) is 5.84 Å². The lowest BCUT2D eigenvalue weighted by molar-refractivity contribution is 0.0950. The highest BCUT2D eigenvalue weighted by molar-refractivity contribution is 5.99. The molecule has 0 spiro atoms. The molecule has 0 aliphatic carbocycles. The Morgan fingerprint density at radius 1 is 1.50 bits per heavy atom. The quantitative estimate of drug-likeness (QED) is 0.476. The highest BCUT2D eigenvalue weighted by Crippen LogP contribution is 2.16. The summed E-state index contributed by atoms with van der Waals surface area (Å²) in [4.78, 5) is 19.0. The number of amides is 1. The minimum atomic E-state index is -0.192. The van der Waals surface area contributed by atoms with Crippen molar-refractivity contribution in [3.8, 4) is 0 Å². The van der Waals surface area contributed by atoms with Crippen LogP contribution in [0.1, 0.15) is 21.7 Å². The van der Waals surface area contributed by atoms with Crippen molar-refractivity contribution in [2.75, 3.05) is 5.43 Å². The molecular weight excluding hydrogens is 230 g/mol. The van der Waals surface area contributed by atoms with Gasteiger partial charge in [-0.15, -0.1) is 0 Å². The molecule has 18 heavy (non-hydrogen) atoms. The SMILES string of the molecule is Cc1ccc(NN)c(C(=O)NCc2ncc[nH]2)c1. The Balaban J connectivity index is 2.10. The number of aromatic amines is 1. The number of benzene rings is 1. The molecule has 0 atom stereocenters. The molecule has 1 heterocycles. The zero-order valence-electron chi connectivity index (χ0n) is 10.0. The van der Waals surface area contributed by atoms with E-state index in [1.54, 1.807) is 24.5 Å². The zero-order chi connectivity index (χ0) is 13.0. The van der Waals surface area contributed by atoms with Crippen LogP contribution in [-0.4, -0.2) is 15.9 Å². The minimum Gasteiger partial charge on any atom is -0.347 e. The van der Waals surface area contributed by atoms with Crippen LogP contribution in [0.5, 0.6) is 0 Å². The number of carbonyl (C=O) groups is 1. The summed E-state index contributed by atoms with van der Waals surface area (Å²) in [5, 5.41) is 2.78. The fourth-order valence-electron chi connectivity index (χ4n) is 1.63. The summed E-state index contributed by atoms with van der Waals surface area (Å²) in [5.74, 6) is 5.90. The number of aromatic nitrogens is 2. The summed E-state index contributed by atoms with van der Waals surface area (Å²) in [5.41, 5.74) is 4.62. The van der Waals surface area contributed by atoms with Crippen LogP contribution in [0, 0.1) is 6.92 Å². The molecule has 1 amide bonds. The molecule has 0 fully saturated rings. The Morgan fingerprint density at radius 3 is 3.00 bits per heavy atom. The van der Waals surface area contributed by atoms with Crippen molar-refractivity contribution in [2.45, 2.75) is 13.5 Å². The lowest BCUT2D eigenvalue weighted by Gasteiger charge is -2.09. The molecule has 6 heteroatoms. The molecule has 5 N–H and O–H groups in total. The second-order valence-electron chi connectivity index (χ2n) is 3.91. The van der Waals surface area contributed by atoms with E-state index in [9.17, 15) is 4.79 Å². The van der Waals surface area contributed by atoms with Gasteiger partial charge in [0.1, 0.15) is 5.82 Å². The van der Waals surface area contributed by atoms with E-state index < -0.39 is 0 Å². The third-order valence-electron chi connectivity index (χ3n) is 2.55. The van der Waals surface area contributed by atoms with E-state index in [2.05, 4.69) is 20.7 Å². The van der Waals surface area contributed by atoms with E-state index in [0.717, 1.165) is 5.56 Å². The van der Waals surface area contributed by atoms with Crippen LogP contribution in [-0.2, 0) is 6.54 Å². The topological polar surface area (TPSA) is 95.8 Å². The van der Waals surface area contributed by atoms with Crippen LogP contribution in [0.4, 0.5) is 5.69 Å². The van der Waals surface area contributed by atoms with Crippen molar-refractivity contribution in [3.05, 3.63) is 47.5 Å². The highest BCUT2D eigenvalue weighted by Gasteiger charge is 2.11. The van der Waals surface area contributed by atoms with Gasteiger partial charge in [0, 0.05) is 12.4 Å². The molecule has 0 bridgehead atoms. The maximum Gasteiger partial charge on any atom is 0.253 e. The number of carbonyl (C=O) groups excluding carboxylic acids is 1. The standard InChI is InChI=1S/C12H15N5O/c1-8-2-3-10(17-13)9(6-8)12(18)16-7-11-14-4-5-15-11/h2-6,17H,7,13H2,1H3,(H,14,15)(H,16,18).